The highest BCUT2D eigenvalue weighted by molar-refractivity contribution is 5.80. The number of nitrogens with two attached hydrogens (primary N) is 1. The maximum Gasteiger partial charge on any atom is 0.228 e. The molecule has 2 N–H and O–H groups in total. The lowest BCUT2D eigenvalue weighted by Gasteiger charge is -2.17. The lowest BCUT2D eigenvalue weighted by molar-refractivity contribution is -0.129. The first-order valence-corrected chi connectivity index (χ1v) is 9.45. The van der Waals surface area contributed by atoms with E-state index >= 15 is 0 Å². The van der Waals surface area contributed by atoms with Crippen LogP contribution in [0.15, 0.2) is 48.8 Å². The topological polar surface area (TPSA) is 77.0 Å². The van der Waals surface area contributed by atoms with Gasteiger partial charge in [0.15, 0.2) is 0 Å². The number of hydrogen-bond donors (Lipinski definition) is 1. The van der Waals surface area contributed by atoms with Gasteiger partial charge >= 0.3 is 0 Å². The van der Waals surface area contributed by atoms with Crippen LogP contribution < -0.4 is 5.73 Å². The van der Waals surface area contributed by atoms with Crippen molar-refractivity contribution in [3.05, 3.63) is 66.1 Å². The zero-order valence-electron chi connectivity index (χ0n) is 15.8. The van der Waals surface area contributed by atoms with Gasteiger partial charge < -0.3 is 10.6 Å². The van der Waals surface area contributed by atoms with E-state index < -0.39 is 11.6 Å². The van der Waals surface area contributed by atoms with Gasteiger partial charge in [-0.3, -0.25) is 14.5 Å². The van der Waals surface area contributed by atoms with Gasteiger partial charge in [0, 0.05) is 43.7 Å². The average Bonchev–Trinajstić information content (AvgIpc) is 3.36. The average molecular weight is 397 g/mol. The van der Waals surface area contributed by atoms with Crippen LogP contribution in [0.3, 0.4) is 0 Å². The molecule has 150 valence electrons. The number of benzene rings is 1. The Labute approximate surface area is 167 Å². The Morgan fingerprint density at radius 1 is 1.24 bits per heavy atom. The highest BCUT2D eigenvalue weighted by Gasteiger charge is 2.27. The van der Waals surface area contributed by atoms with Gasteiger partial charge in [-0.2, -0.15) is 5.10 Å². The van der Waals surface area contributed by atoms with Gasteiger partial charge in [0.05, 0.1) is 23.5 Å². The van der Waals surface area contributed by atoms with E-state index in [2.05, 4.69) is 10.1 Å². The fourth-order valence-corrected chi connectivity index (χ4v) is 3.64. The summed E-state index contributed by atoms with van der Waals surface area (Å²) in [5, 5.41) is 4.21. The predicted octanol–water partition coefficient (Wildman–Crippen LogP) is 2.90. The Bertz CT molecular complexity index is 1020. The third kappa shape index (κ3) is 4.26. The number of halogens is 2. The lowest BCUT2D eigenvalue weighted by atomic mass is 10.1. The lowest BCUT2D eigenvalue weighted by Crippen LogP contribution is -2.31. The van der Waals surface area contributed by atoms with E-state index in [9.17, 15) is 13.6 Å². The number of rotatable bonds is 5. The molecule has 29 heavy (non-hydrogen) atoms. The molecule has 0 saturated carbocycles. The first-order valence-electron chi connectivity index (χ1n) is 9.45. The number of carbonyl (C=O) groups excluding carboxylic acids is 1. The summed E-state index contributed by atoms with van der Waals surface area (Å²) in [4.78, 5) is 18.9. The standard InChI is InChI=1S/C21H21F2N5O/c22-15-2-3-16(17(23)10-15)19-5-4-18(24)20(26-19)11-21(29)27-9-6-14(12-27)13-28-8-1-7-25-28/h1-5,7-8,10,14H,6,9,11-13,24H2. The Balaban J connectivity index is 1.45. The second-order valence-corrected chi connectivity index (χ2v) is 7.26. The molecular formula is C21H21F2N5O. The molecule has 0 bridgehead atoms. The monoisotopic (exact) mass is 397 g/mol. The van der Waals surface area contributed by atoms with Gasteiger partial charge in [-0.1, -0.05) is 0 Å². The summed E-state index contributed by atoms with van der Waals surface area (Å²) >= 11 is 0. The number of aromatic nitrogens is 3. The fraction of sp³-hybridized carbons (Fsp3) is 0.286. The summed E-state index contributed by atoms with van der Waals surface area (Å²) < 4.78 is 29.1. The summed E-state index contributed by atoms with van der Waals surface area (Å²) in [5.41, 5.74) is 7.25. The maximum absolute atomic E-state index is 14.1. The van der Waals surface area contributed by atoms with Gasteiger partial charge in [-0.05, 0) is 42.7 Å². The molecule has 1 fully saturated rings. The Morgan fingerprint density at radius 3 is 2.86 bits per heavy atom. The largest absolute Gasteiger partial charge is 0.397 e. The van der Waals surface area contributed by atoms with Crippen LogP contribution in [0.25, 0.3) is 11.3 Å². The SMILES string of the molecule is Nc1ccc(-c2ccc(F)cc2F)nc1CC(=O)N1CCC(Cn2cccn2)C1. The van der Waals surface area contributed by atoms with Crippen LogP contribution in [0.2, 0.25) is 0 Å². The van der Waals surface area contributed by atoms with E-state index in [0.717, 1.165) is 19.0 Å². The van der Waals surface area contributed by atoms with Crippen LogP contribution in [0.5, 0.6) is 0 Å². The van der Waals surface area contributed by atoms with Crippen molar-refractivity contribution >= 4 is 11.6 Å². The minimum absolute atomic E-state index is 0.0387. The molecule has 0 aliphatic carbocycles. The van der Waals surface area contributed by atoms with Crippen LogP contribution in [-0.2, 0) is 17.8 Å². The van der Waals surface area contributed by atoms with Crippen LogP contribution in [0, 0.1) is 17.6 Å². The van der Waals surface area contributed by atoms with Gasteiger partial charge in [-0.15, -0.1) is 0 Å². The number of nitrogen functional groups attached to an aromatic ring is 1. The maximum atomic E-state index is 14.1. The molecule has 3 heterocycles. The molecular weight excluding hydrogens is 376 g/mol. The van der Waals surface area contributed by atoms with E-state index in [-0.39, 0.29) is 17.9 Å². The number of likely N-dealkylation sites (tertiary alicyclic amines) is 1. The first-order chi connectivity index (χ1) is 14.0. The first kappa shape index (κ1) is 19.0. The molecule has 0 radical (unpaired) electrons. The minimum Gasteiger partial charge on any atom is -0.397 e. The van der Waals surface area contributed by atoms with Crippen molar-refractivity contribution in [2.45, 2.75) is 19.4 Å². The van der Waals surface area contributed by atoms with Crippen molar-refractivity contribution in [1.82, 2.24) is 19.7 Å². The van der Waals surface area contributed by atoms with Crippen LogP contribution >= 0.6 is 0 Å². The van der Waals surface area contributed by atoms with Crippen LogP contribution in [-0.4, -0.2) is 38.7 Å². The third-order valence-electron chi connectivity index (χ3n) is 5.18. The fourth-order valence-electron chi connectivity index (χ4n) is 3.64. The van der Waals surface area contributed by atoms with Crippen molar-refractivity contribution < 1.29 is 13.6 Å². The van der Waals surface area contributed by atoms with Gasteiger partial charge in [0.25, 0.3) is 0 Å². The number of nitrogens with zero attached hydrogens (tertiary/aromatic N) is 4. The summed E-state index contributed by atoms with van der Waals surface area (Å²) in [6.07, 6.45) is 4.60. The zero-order chi connectivity index (χ0) is 20.4. The molecule has 1 aromatic carbocycles. The van der Waals surface area contributed by atoms with E-state index in [1.54, 1.807) is 23.2 Å². The molecule has 2 aromatic heterocycles. The number of carbonyl (C=O) groups is 1. The van der Waals surface area contributed by atoms with Crippen molar-refractivity contribution in [2.24, 2.45) is 5.92 Å². The Morgan fingerprint density at radius 2 is 2.10 bits per heavy atom. The molecule has 1 aliphatic heterocycles. The summed E-state index contributed by atoms with van der Waals surface area (Å²) in [5.74, 6) is -1.08. The molecule has 4 rings (SSSR count). The Hall–Kier alpha value is -3.29. The molecule has 1 atom stereocenters. The van der Waals surface area contributed by atoms with E-state index in [1.807, 2.05) is 16.9 Å². The van der Waals surface area contributed by atoms with E-state index in [1.165, 1.54) is 12.1 Å². The van der Waals surface area contributed by atoms with E-state index in [4.69, 9.17) is 5.73 Å². The second kappa shape index (κ2) is 7.98. The molecule has 1 saturated heterocycles. The zero-order valence-corrected chi connectivity index (χ0v) is 15.8. The highest BCUT2D eigenvalue weighted by atomic mass is 19.1. The van der Waals surface area contributed by atoms with E-state index in [0.29, 0.717) is 36.1 Å². The second-order valence-electron chi connectivity index (χ2n) is 7.26. The number of pyridine rings is 1. The van der Waals surface area contributed by atoms with Crippen molar-refractivity contribution in [1.29, 1.82) is 0 Å². The minimum atomic E-state index is -0.708. The predicted molar refractivity (Wildman–Crippen MR) is 105 cm³/mol. The molecule has 1 unspecified atom stereocenters. The van der Waals surface area contributed by atoms with Crippen LogP contribution in [0.1, 0.15) is 12.1 Å². The molecule has 3 aromatic rings. The molecule has 6 nitrogen and oxygen atoms in total. The molecule has 1 amide bonds. The summed E-state index contributed by atoms with van der Waals surface area (Å²) in [6.45, 7) is 2.11. The quantitative estimate of drug-likeness (QED) is 0.718. The number of hydrogen-bond acceptors (Lipinski definition) is 4. The van der Waals surface area contributed by atoms with Gasteiger partial charge in [0.2, 0.25) is 5.91 Å². The van der Waals surface area contributed by atoms with Gasteiger partial charge in [0.1, 0.15) is 11.6 Å². The highest BCUT2D eigenvalue weighted by Crippen LogP contribution is 2.25. The number of anilines is 1. The van der Waals surface area contributed by atoms with Gasteiger partial charge in [-0.25, -0.2) is 8.78 Å². The van der Waals surface area contributed by atoms with Crippen molar-refractivity contribution in [3.8, 4) is 11.3 Å². The van der Waals surface area contributed by atoms with Crippen LogP contribution in [0.4, 0.5) is 14.5 Å². The van der Waals surface area contributed by atoms with Crippen molar-refractivity contribution in [3.63, 3.8) is 0 Å². The third-order valence-corrected chi connectivity index (χ3v) is 5.18. The summed E-state index contributed by atoms with van der Waals surface area (Å²) in [7, 11) is 0. The number of amides is 1. The molecule has 0 spiro atoms. The normalized spacial score (nSPS) is 16.3. The molecule has 1 aliphatic rings. The smallest absolute Gasteiger partial charge is 0.228 e. The molecule has 8 heteroatoms. The summed E-state index contributed by atoms with van der Waals surface area (Å²) in [6, 6.07) is 8.35. The Kier molecular flexibility index (Phi) is 5.24. The van der Waals surface area contributed by atoms with Crippen molar-refractivity contribution in [2.75, 3.05) is 18.8 Å².